The van der Waals surface area contributed by atoms with Crippen molar-refractivity contribution >= 4 is 12.0 Å². The van der Waals surface area contributed by atoms with E-state index in [1.165, 1.54) is 4.90 Å². The molecule has 1 heterocycles. The van der Waals surface area contributed by atoms with Crippen molar-refractivity contribution in [2.75, 3.05) is 26.3 Å². The third kappa shape index (κ3) is 5.06. The van der Waals surface area contributed by atoms with E-state index in [4.69, 9.17) is 9.47 Å². The molecule has 0 unspecified atom stereocenters. The molecule has 2 amide bonds. The maximum Gasteiger partial charge on any atom is 0.411 e. The summed E-state index contributed by atoms with van der Waals surface area (Å²) < 4.78 is 10.6. The standard InChI is InChI=1S/C13H24N2O4/c1-5-6-14-11(16)10-9-18-8-7-15(10)12(17)19-13(2,3)4/h10H,5-9H2,1-4H3,(H,14,16)/t10-/m0/s1. The molecule has 0 aromatic carbocycles. The van der Waals surface area contributed by atoms with Gasteiger partial charge >= 0.3 is 6.09 Å². The van der Waals surface area contributed by atoms with Crippen molar-refractivity contribution in [3.05, 3.63) is 0 Å². The molecule has 0 spiro atoms. The van der Waals surface area contributed by atoms with Crippen molar-refractivity contribution in [3.8, 4) is 0 Å². The quantitative estimate of drug-likeness (QED) is 0.837. The summed E-state index contributed by atoms with van der Waals surface area (Å²) in [5, 5.41) is 2.78. The largest absolute Gasteiger partial charge is 0.444 e. The van der Waals surface area contributed by atoms with Crippen LogP contribution >= 0.6 is 0 Å². The molecular formula is C13H24N2O4. The number of morpholine rings is 1. The molecule has 0 aromatic heterocycles. The van der Waals surface area contributed by atoms with Crippen LogP contribution in [0.15, 0.2) is 0 Å². The maximum atomic E-state index is 12.1. The fraction of sp³-hybridized carbons (Fsp3) is 0.846. The molecule has 0 aliphatic carbocycles. The number of nitrogens with zero attached hydrogens (tertiary/aromatic N) is 1. The van der Waals surface area contributed by atoms with Crippen LogP contribution in [0.2, 0.25) is 0 Å². The fourth-order valence-electron chi connectivity index (χ4n) is 1.73. The Bertz CT molecular complexity index is 325. The van der Waals surface area contributed by atoms with E-state index >= 15 is 0 Å². The Labute approximate surface area is 114 Å². The summed E-state index contributed by atoms with van der Waals surface area (Å²) in [7, 11) is 0. The van der Waals surface area contributed by atoms with Gasteiger partial charge in [0.15, 0.2) is 0 Å². The lowest BCUT2D eigenvalue weighted by Crippen LogP contribution is -2.56. The van der Waals surface area contributed by atoms with E-state index in [-0.39, 0.29) is 12.5 Å². The summed E-state index contributed by atoms with van der Waals surface area (Å²) in [5.41, 5.74) is -0.570. The topological polar surface area (TPSA) is 67.9 Å². The summed E-state index contributed by atoms with van der Waals surface area (Å²) in [6.07, 6.45) is 0.388. The first-order valence-corrected chi connectivity index (χ1v) is 6.70. The zero-order valence-corrected chi connectivity index (χ0v) is 12.2. The third-order valence-electron chi connectivity index (χ3n) is 2.61. The summed E-state index contributed by atoms with van der Waals surface area (Å²) in [5.74, 6) is -0.188. The van der Waals surface area contributed by atoms with Gasteiger partial charge in [-0.1, -0.05) is 6.92 Å². The van der Waals surface area contributed by atoms with Crippen LogP contribution < -0.4 is 5.32 Å². The lowest BCUT2D eigenvalue weighted by atomic mass is 10.2. The summed E-state index contributed by atoms with van der Waals surface area (Å²) >= 11 is 0. The van der Waals surface area contributed by atoms with Gasteiger partial charge in [0.25, 0.3) is 0 Å². The third-order valence-corrected chi connectivity index (χ3v) is 2.61. The van der Waals surface area contributed by atoms with Gasteiger partial charge in [0, 0.05) is 13.1 Å². The van der Waals surface area contributed by atoms with Gasteiger partial charge in [-0.3, -0.25) is 9.69 Å². The fourth-order valence-corrected chi connectivity index (χ4v) is 1.73. The highest BCUT2D eigenvalue weighted by Gasteiger charge is 2.35. The Balaban J connectivity index is 2.66. The lowest BCUT2D eigenvalue weighted by Gasteiger charge is -2.35. The average Bonchev–Trinajstić information content (AvgIpc) is 2.34. The molecule has 1 rings (SSSR count). The number of amides is 2. The predicted molar refractivity (Wildman–Crippen MR) is 70.8 cm³/mol. The van der Waals surface area contributed by atoms with Gasteiger partial charge in [-0.05, 0) is 27.2 Å². The van der Waals surface area contributed by atoms with Crippen LogP contribution in [0.3, 0.4) is 0 Å². The van der Waals surface area contributed by atoms with E-state index in [0.717, 1.165) is 6.42 Å². The summed E-state index contributed by atoms with van der Waals surface area (Å²) in [6, 6.07) is -0.602. The van der Waals surface area contributed by atoms with Crippen molar-refractivity contribution in [2.45, 2.75) is 45.8 Å². The second-order valence-corrected chi connectivity index (χ2v) is 5.56. The van der Waals surface area contributed by atoms with Crippen LogP contribution in [0.1, 0.15) is 34.1 Å². The number of hydrogen-bond donors (Lipinski definition) is 1. The van der Waals surface area contributed by atoms with Crippen molar-refractivity contribution in [3.63, 3.8) is 0 Å². The zero-order chi connectivity index (χ0) is 14.5. The highest BCUT2D eigenvalue weighted by Crippen LogP contribution is 2.14. The number of carbonyl (C=O) groups excluding carboxylic acids is 2. The van der Waals surface area contributed by atoms with Crippen LogP contribution in [0, 0.1) is 0 Å². The summed E-state index contributed by atoms with van der Waals surface area (Å²) in [6.45, 7) is 9.00. The number of hydrogen-bond acceptors (Lipinski definition) is 4. The summed E-state index contributed by atoms with van der Waals surface area (Å²) in [4.78, 5) is 25.5. The van der Waals surface area contributed by atoms with E-state index < -0.39 is 17.7 Å². The Hall–Kier alpha value is -1.30. The molecule has 6 nitrogen and oxygen atoms in total. The number of carbonyl (C=O) groups is 2. The number of rotatable bonds is 3. The molecule has 1 N–H and O–H groups in total. The van der Waals surface area contributed by atoms with Gasteiger partial charge in [0.1, 0.15) is 11.6 Å². The molecule has 110 valence electrons. The van der Waals surface area contributed by atoms with Crippen LogP contribution in [-0.4, -0.2) is 54.8 Å². The molecule has 19 heavy (non-hydrogen) atoms. The van der Waals surface area contributed by atoms with Crippen LogP contribution in [0.25, 0.3) is 0 Å². The van der Waals surface area contributed by atoms with Crippen molar-refractivity contribution in [1.82, 2.24) is 10.2 Å². The normalized spacial score (nSPS) is 20.0. The number of nitrogens with one attached hydrogen (secondary N) is 1. The van der Waals surface area contributed by atoms with E-state index in [1.807, 2.05) is 6.92 Å². The first-order chi connectivity index (χ1) is 8.85. The minimum absolute atomic E-state index is 0.188. The predicted octanol–water partition coefficient (Wildman–Crippen LogP) is 1.15. The SMILES string of the molecule is CCCNC(=O)[C@@H]1COCCN1C(=O)OC(C)(C)C. The van der Waals surface area contributed by atoms with Crippen molar-refractivity contribution in [2.24, 2.45) is 0 Å². The maximum absolute atomic E-state index is 12.1. The molecule has 0 bridgehead atoms. The minimum atomic E-state index is -0.602. The zero-order valence-electron chi connectivity index (χ0n) is 12.2. The van der Waals surface area contributed by atoms with Gasteiger partial charge in [-0.2, -0.15) is 0 Å². The Morgan fingerprint density at radius 2 is 2.11 bits per heavy atom. The van der Waals surface area contributed by atoms with Gasteiger partial charge in [-0.25, -0.2) is 4.79 Å². The van der Waals surface area contributed by atoms with E-state index in [1.54, 1.807) is 20.8 Å². The van der Waals surface area contributed by atoms with Gasteiger partial charge in [-0.15, -0.1) is 0 Å². The van der Waals surface area contributed by atoms with Gasteiger partial charge in [0.2, 0.25) is 5.91 Å². The monoisotopic (exact) mass is 272 g/mol. The van der Waals surface area contributed by atoms with Gasteiger partial charge < -0.3 is 14.8 Å². The molecule has 1 atom stereocenters. The molecule has 1 fully saturated rings. The van der Waals surface area contributed by atoms with E-state index in [2.05, 4.69) is 5.32 Å². The van der Waals surface area contributed by atoms with Crippen molar-refractivity contribution in [1.29, 1.82) is 0 Å². The molecule has 1 aliphatic heterocycles. The molecule has 0 aromatic rings. The van der Waals surface area contributed by atoms with Crippen LogP contribution in [-0.2, 0) is 14.3 Å². The second kappa shape index (κ2) is 6.75. The highest BCUT2D eigenvalue weighted by atomic mass is 16.6. The molecule has 0 saturated carbocycles. The van der Waals surface area contributed by atoms with E-state index in [0.29, 0.717) is 19.7 Å². The second-order valence-electron chi connectivity index (χ2n) is 5.56. The first kappa shape index (κ1) is 15.8. The Morgan fingerprint density at radius 1 is 1.42 bits per heavy atom. The number of ether oxygens (including phenoxy) is 2. The van der Waals surface area contributed by atoms with E-state index in [9.17, 15) is 9.59 Å². The van der Waals surface area contributed by atoms with Crippen molar-refractivity contribution < 1.29 is 19.1 Å². The van der Waals surface area contributed by atoms with Gasteiger partial charge in [0.05, 0.1) is 13.2 Å². The lowest BCUT2D eigenvalue weighted by molar-refractivity contribution is -0.132. The Morgan fingerprint density at radius 3 is 2.68 bits per heavy atom. The molecule has 6 heteroatoms. The molecule has 1 aliphatic rings. The molecule has 0 radical (unpaired) electrons. The smallest absolute Gasteiger partial charge is 0.411 e. The molecular weight excluding hydrogens is 248 g/mol. The van der Waals surface area contributed by atoms with Crippen LogP contribution in [0.5, 0.6) is 0 Å². The Kier molecular flexibility index (Phi) is 5.60. The minimum Gasteiger partial charge on any atom is -0.444 e. The van der Waals surface area contributed by atoms with Crippen LogP contribution in [0.4, 0.5) is 4.79 Å². The average molecular weight is 272 g/mol. The highest BCUT2D eigenvalue weighted by molar-refractivity contribution is 5.86. The molecule has 1 saturated heterocycles. The first-order valence-electron chi connectivity index (χ1n) is 6.70.